The van der Waals surface area contributed by atoms with Crippen molar-refractivity contribution in [1.82, 2.24) is 4.98 Å². The zero-order valence-electron chi connectivity index (χ0n) is 14.3. The Morgan fingerprint density at radius 1 is 1.15 bits per heavy atom. The van der Waals surface area contributed by atoms with Crippen molar-refractivity contribution in [2.75, 3.05) is 11.4 Å². The Bertz CT molecular complexity index is 1080. The summed E-state index contributed by atoms with van der Waals surface area (Å²) >= 11 is 1.35. The van der Waals surface area contributed by atoms with Gasteiger partial charge in [0.05, 0.1) is 23.5 Å². The standard InChI is InChI=1S/C20H15F2N3OS/c1-11-18(12-5-3-2-4-6-12)24-20(27-11)17-16(26)10-25(19(17)23)15-9-13(21)7-8-14(15)22/h2-9,23,26H,10H2,1H3. The maximum atomic E-state index is 14.1. The van der Waals surface area contributed by atoms with Gasteiger partial charge in [-0.05, 0) is 19.1 Å². The highest BCUT2D eigenvalue weighted by Crippen LogP contribution is 2.37. The van der Waals surface area contributed by atoms with Gasteiger partial charge in [-0.2, -0.15) is 0 Å². The second-order valence-electron chi connectivity index (χ2n) is 6.14. The molecule has 2 heterocycles. The van der Waals surface area contributed by atoms with E-state index in [1.807, 2.05) is 37.3 Å². The summed E-state index contributed by atoms with van der Waals surface area (Å²) in [7, 11) is 0. The zero-order chi connectivity index (χ0) is 19.1. The molecule has 0 saturated carbocycles. The van der Waals surface area contributed by atoms with E-state index in [1.165, 1.54) is 16.2 Å². The van der Waals surface area contributed by atoms with E-state index in [9.17, 15) is 13.9 Å². The molecule has 2 aromatic carbocycles. The van der Waals surface area contributed by atoms with Crippen LogP contribution in [-0.2, 0) is 0 Å². The second kappa shape index (κ2) is 6.59. The van der Waals surface area contributed by atoms with Crippen LogP contribution in [0.4, 0.5) is 14.5 Å². The third-order valence-electron chi connectivity index (χ3n) is 4.36. The number of halogens is 2. The predicted molar refractivity (Wildman–Crippen MR) is 103 cm³/mol. The smallest absolute Gasteiger partial charge is 0.147 e. The number of rotatable bonds is 3. The third-order valence-corrected chi connectivity index (χ3v) is 5.35. The molecule has 0 bridgehead atoms. The maximum absolute atomic E-state index is 14.1. The Hall–Kier alpha value is -3.06. The van der Waals surface area contributed by atoms with Crippen molar-refractivity contribution in [3.8, 4) is 11.3 Å². The lowest BCUT2D eigenvalue weighted by atomic mass is 10.1. The number of hydrogen-bond donors (Lipinski definition) is 2. The summed E-state index contributed by atoms with van der Waals surface area (Å²) in [6, 6.07) is 12.7. The number of nitrogens with zero attached hydrogens (tertiary/aromatic N) is 2. The van der Waals surface area contributed by atoms with Gasteiger partial charge in [0.2, 0.25) is 0 Å². The molecule has 0 amide bonds. The molecule has 4 nitrogen and oxygen atoms in total. The molecule has 0 fully saturated rings. The maximum Gasteiger partial charge on any atom is 0.147 e. The van der Waals surface area contributed by atoms with Crippen molar-refractivity contribution in [2.45, 2.75) is 6.92 Å². The van der Waals surface area contributed by atoms with Gasteiger partial charge in [0.15, 0.2) is 0 Å². The first kappa shape index (κ1) is 17.4. The highest BCUT2D eigenvalue weighted by atomic mass is 32.1. The van der Waals surface area contributed by atoms with Crippen molar-refractivity contribution in [3.63, 3.8) is 0 Å². The van der Waals surface area contributed by atoms with Crippen LogP contribution in [0.1, 0.15) is 9.88 Å². The number of hydrogen-bond acceptors (Lipinski definition) is 4. The summed E-state index contributed by atoms with van der Waals surface area (Å²) < 4.78 is 27.7. The van der Waals surface area contributed by atoms with E-state index < -0.39 is 11.6 Å². The Kier molecular flexibility index (Phi) is 4.24. The van der Waals surface area contributed by atoms with Crippen LogP contribution in [0.5, 0.6) is 0 Å². The number of thiazole rings is 1. The molecule has 1 aliphatic heterocycles. The van der Waals surface area contributed by atoms with E-state index in [0.717, 1.165) is 34.3 Å². The molecular weight excluding hydrogens is 368 g/mol. The van der Waals surface area contributed by atoms with Gasteiger partial charge in [-0.15, -0.1) is 11.3 Å². The molecule has 1 aromatic heterocycles. The van der Waals surface area contributed by atoms with Crippen LogP contribution in [-0.4, -0.2) is 22.5 Å². The van der Waals surface area contributed by atoms with Gasteiger partial charge in [-0.3, -0.25) is 5.41 Å². The summed E-state index contributed by atoms with van der Waals surface area (Å²) in [4.78, 5) is 6.78. The van der Waals surface area contributed by atoms with Crippen LogP contribution in [0.3, 0.4) is 0 Å². The first-order chi connectivity index (χ1) is 13.0. The molecule has 7 heteroatoms. The number of aliphatic hydroxyl groups is 1. The molecule has 4 rings (SSSR count). The molecule has 0 spiro atoms. The quantitative estimate of drug-likeness (QED) is 0.656. The van der Waals surface area contributed by atoms with Crippen LogP contribution in [0.25, 0.3) is 16.8 Å². The van der Waals surface area contributed by atoms with E-state index in [0.29, 0.717) is 5.01 Å². The van der Waals surface area contributed by atoms with Crippen LogP contribution in [0.2, 0.25) is 0 Å². The Labute approximate surface area is 158 Å². The van der Waals surface area contributed by atoms with Crippen LogP contribution < -0.4 is 4.90 Å². The van der Waals surface area contributed by atoms with Gasteiger partial charge in [0, 0.05) is 16.5 Å². The molecule has 0 saturated heterocycles. The second-order valence-corrected chi connectivity index (χ2v) is 7.35. The number of nitrogens with one attached hydrogen (secondary N) is 1. The molecule has 0 aliphatic carbocycles. The van der Waals surface area contributed by atoms with Gasteiger partial charge in [-0.25, -0.2) is 13.8 Å². The summed E-state index contributed by atoms with van der Waals surface area (Å²) in [6.45, 7) is 1.82. The topological polar surface area (TPSA) is 60.2 Å². The van der Waals surface area contributed by atoms with Crippen molar-refractivity contribution >= 4 is 28.4 Å². The number of aromatic nitrogens is 1. The van der Waals surface area contributed by atoms with Gasteiger partial charge in [-0.1, -0.05) is 30.3 Å². The van der Waals surface area contributed by atoms with Crippen LogP contribution in [0.15, 0.2) is 54.3 Å². The normalized spacial score (nSPS) is 14.3. The van der Waals surface area contributed by atoms with Crippen LogP contribution >= 0.6 is 11.3 Å². The fourth-order valence-electron chi connectivity index (χ4n) is 3.07. The number of amidine groups is 1. The number of aliphatic hydroxyl groups excluding tert-OH is 1. The van der Waals surface area contributed by atoms with Crippen LogP contribution in [0, 0.1) is 24.0 Å². The van der Waals surface area contributed by atoms with Crippen molar-refractivity contribution in [3.05, 3.63) is 75.8 Å². The minimum absolute atomic E-state index is 0.0851. The lowest BCUT2D eigenvalue weighted by Gasteiger charge is -2.19. The van der Waals surface area contributed by atoms with Gasteiger partial charge < -0.3 is 10.0 Å². The Balaban J connectivity index is 1.72. The summed E-state index contributed by atoms with van der Waals surface area (Å²) in [5.41, 5.74) is 1.88. The molecule has 0 atom stereocenters. The summed E-state index contributed by atoms with van der Waals surface area (Å²) in [6.07, 6.45) is 0. The van der Waals surface area contributed by atoms with Crippen molar-refractivity contribution in [1.29, 1.82) is 5.41 Å². The van der Waals surface area contributed by atoms with E-state index in [2.05, 4.69) is 4.98 Å². The number of benzene rings is 2. The first-order valence-corrected chi connectivity index (χ1v) is 9.04. The molecule has 2 N–H and O–H groups in total. The third kappa shape index (κ3) is 3.00. The number of anilines is 1. The SMILES string of the molecule is Cc1sc(C2=C(O)CN(c3cc(F)ccc3F)C2=N)nc1-c1ccccc1. The number of aryl methyl sites for hydroxylation is 1. The lowest BCUT2D eigenvalue weighted by Crippen LogP contribution is -2.27. The average molecular weight is 383 g/mol. The van der Waals surface area contributed by atoms with E-state index in [1.54, 1.807) is 0 Å². The minimum atomic E-state index is -0.657. The summed E-state index contributed by atoms with van der Waals surface area (Å²) in [5, 5.41) is 19.3. The fraction of sp³-hybridized carbons (Fsp3) is 0.100. The largest absolute Gasteiger partial charge is 0.510 e. The molecular formula is C20H15F2N3OS. The monoisotopic (exact) mass is 383 g/mol. The molecule has 1 aliphatic rings. The lowest BCUT2D eigenvalue weighted by molar-refractivity contribution is 0.411. The van der Waals surface area contributed by atoms with E-state index in [-0.39, 0.29) is 29.4 Å². The Morgan fingerprint density at radius 2 is 1.89 bits per heavy atom. The van der Waals surface area contributed by atoms with Gasteiger partial charge >= 0.3 is 0 Å². The molecule has 3 aromatic rings. The average Bonchev–Trinajstić information content (AvgIpc) is 3.17. The van der Waals surface area contributed by atoms with Crippen molar-refractivity contribution < 1.29 is 13.9 Å². The molecule has 0 radical (unpaired) electrons. The van der Waals surface area contributed by atoms with E-state index in [4.69, 9.17) is 5.41 Å². The molecule has 27 heavy (non-hydrogen) atoms. The fourth-order valence-corrected chi connectivity index (χ4v) is 4.07. The van der Waals surface area contributed by atoms with E-state index >= 15 is 0 Å². The summed E-state index contributed by atoms with van der Waals surface area (Å²) in [5.74, 6) is -1.46. The minimum Gasteiger partial charge on any atom is -0.510 e. The first-order valence-electron chi connectivity index (χ1n) is 8.22. The molecule has 136 valence electrons. The van der Waals surface area contributed by atoms with Gasteiger partial charge in [0.25, 0.3) is 0 Å². The van der Waals surface area contributed by atoms with Gasteiger partial charge in [0.1, 0.15) is 28.2 Å². The molecule has 0 unspecified atom stereocenters. The highest BCUT2D eigenvalue weighted by Gasteiger charge is 2.33. The Morgan fingerprint density at radius 3 is 2.63 bits per heavy atom. The predicted octanol–water partition coefficient (Wildman–Crippen LogP) is 5.16. The van der Waals surface area contributed by atoms with Crippen molar-refractivity contribution in [2.24, 2.45) is 0 Å². The zero-order valence-corrected chi connectivity index (χ0v) is 15.1. The highest BCUT2D eigenvalue weighted by molar-refractivity contribution is 7.13.